The van der Waals surface area contributed by atoms with E-state index in [9.17, 15) is 13.2 Å². The predicted octanol–water partition coefficient (Wildman–Crippen LogP) is 9.03. The quantitative estimate of drug-likeness (QED) is 0.0889. The molecular formula is C37H59ClN6O4S. The molecule has 274 valence electrons. The summed E-state index contributed by atoms with van der Waals surface area (Å²) in [6.07, 6.45) is 17.1. The number of fused-ring (bicyclic) bond motifs is 1. The first kappa shape index (κ1) is 39.0. The number of amides is 1. The zero-order valence-corrected chi connectivity index (χ0v) is 31.9. The molecule has 1 amide bonds. The molecule has 1 atom stereocenters. The Morgan fingerprint density at radius 3 is 2.16 bits per heavy atom. The average Bonchev–Trinajstić information content (AvgIpc) is 3.79. The van der Waals surface area contributed by atoms with E-state index in [-0.39, 0.29) is 11.7 Å². The van der Waals surface area contributed by atoms with Gasteiger partial charge in [-0.05, 0) is 77.1 Å². The number of H-pyrrole nitrogens is 1. The fourth-order valence-corrected chi connectivity index (χ4v) is 8.66. The SMILES string of the molecule is CCCCCCCCCCCCC(Oc1ccc(NS(=O)(=O)CCCC)cc1)C(=O)NC(C)(C)C1(c2nnc3c(Cl)c(C)[nH]n23)CCCC1. The van der Waals surface area contributed by atoms with Gasteiger partial charge in [-0.1, -0.05) is 102 Å². The van der Waals surface area contributed by atoms with E-state index < -0.39 is 27.1 Å². The van der Waals surface area contributed by atoms with Gasteiger partial charge in [-0.15, -0.1) is 10.2 Å². The van der Waals surface area contributed by atoms with Crippen LogP contribution in [0.1, 0.15) is 148 Å². The highest BCUT2D eigenvalue weighted by atomic mass is 35.5. The number of hydrogen-bond acceptors (Lipinski definition) is 6. The van der Waals surface area contributed by atoms with Crippen molar-refractivity contribution >= 4 is 38.9 Å². The van der Waals surface area contributed by atoms with Crippen LogP contribution in [0.2, 0.25) is 5.02 Å². The van der Waals surface area contributed by atoms with Crippen molar-refractivity contribution in [2.24, 2.45) is 0 Å². The van der Waals surface area contributed by atoms with Gasteiger partial charge in [-0.2, -0.15) is 0 Å². The number of nitrogens with zero attached hydrogens (tertiary/aromatic N) is 3. The molecule has 2 heterocycles. The number of aryl methyl sites for hydroxylation is 1. The van der Waals surface area contributed by atoms with Crippen LogP contribution < -0.4 is 14.8 Å². The lowest BCUT2D eigenvalue weighted by Crippen LogP contribution is -2.60. The Labute approximate surface area is 298 Å². The highest BCUT2D eigenvalue weighted by molar-refractivity contribution is 7.92. The fourth-order valence-electron chi connectivity index (χ4n) is 7.23. The zero-order valence-electron chi connectivity index (χ0n) is 30.4. The van der Waals surface area contributed by atoms with Crippen LogP contribution in [0.5, 0.6) is 5.75 Å². The lowest BCUT2D eigenvalue weighted by atomic mass is 9.69. The van der Waals surface area contributed by atoms with Gasteiger partial charge in [0.15, 0.2) is 17.6 Å². The number of carbonyl (C=O) groups excluding carboxylic acids is 1. The summed E-state index contributed by atoms with van der Waals surface area (Å²) in [5, 5.41) is 16.3. The Bertz CT molecular complexity index is 1580. The van der Waals surface area contributed by atoms with Gasteiger partial charge in [-0.25, -0.2) is 12.9 Å². The molecule has 12 heteroatoms. The van der Waals surface area contributed by atoms with Crippen molar-refractivity contribution in [2.75, 3.05) is 10.5 Å². The van der Waals surface area contributed by atoms with Crippen molar-refractivity contribution in [3.8, 4) is 5.75 Å². The Kier molecular flexibility index (Phi) is 14.3. The monoisotopic (exact) mass is 718 g/mol. The number of halogens is 1. The van der Waals surface area contributed by atoms with Gasteiger partial charge in [0.1, 0.15) is 10.8 Å². The number of nitrogens with one attached hydrogen (secondary N) is 3. The normalized spacial score (nSPS) is 15.5. The second-order valence-electron chi connectivity index (χ2n) is 14.5. The molecule has 1 aromatic carbocycles. The summed E-state index contributed by atoms with van der Waals surface area (Å²) in [5.41, 5.74) is 0.770. The molecule has 0 spiro atoms. The van der Waals surface area contributed by atoms with Crippen molar-refractivity contribution in [1.82, 2.24) is 25.1 Å². The Morgan fingerprint density at radius 2 is 1.55 bits per heavy atom. The summed E-state index contributed by atoms with van der Waals surface area (Å²) >= 11 is 6.52. The molecule has 1 aliphatic carbocycles. The lowest BCUT2D eigenvalue weighted by Gasteiger charge is -2.44. The number of benzene rings is 1. The Balaban J connectivity index is 1.46. The standard InChI is InChI=1S/C37H59ClN6O4S/c1-6-8-10-11-12-13-14-15-16-17-20-31(48-30-23-21-29(22-24-30)43-49(46,47)27-9-7-2)34(45)39-36(4,5)37(25-18-19-26-37)35-41-40-33-32(38)28(3)42-44(33)35/h21-24,31,42-43H,6-20,25-27H2,1-5H3,(H,39,45). The van der Waals surface area contributed by atoms with Gasteiger partial charge in [0, 0.05) is 11.2 Å². The Hall–Kier alpha value is -2.79. The van der Waals surface area contributed by atoms with Crippen molar-refractivity contribution in [1.29, 1.82) is 0 Å². The molecule has 3 N–H and O–H groups in total. The second-order valence-corrected chi connectivity index (χ2v) is 16.7. The van der Waals surface area contributed by atoms with Gasteiger partial charge >= 0.3 is 0 Å². The molecule has 0 radical (unpaired) electrons. The molecule has 4 rings (SSSR count). The first-order chi connectivity index (χ1) is 23.4. The van der Waals surface area contributed by atoms with E-state index in [4.69, 9.17) is 16.3 Å². The largest absolute Gasteiger partial charge is 0.481 e. The highest BCUT2D eigenvalue weighted by Crippen LogP contribution is 2.48. The van der Waals surface area contributed by atoms with Gasteiger partial charge in [0.05, 0.1) is 16.9 Å². The van der Waals surface area contributed by atoms with Crippen LogP contribution in [0, 0.1) is 6.92 Å². The van der Waals surface area contributed by atoms with Gasteiger partial charge in [0.2, 0.25) is 10.0 Å². The molecule has 1 unspecified atom stereocenters. The van der Waals surface area contributed by atoms with Crippen LogP contribution >= 0.6 is 11.6 Å². The number of ether oxygens (including phenoxy) is 1. The minimum absolute atomic E-state index is 0.0803. The minimum atomic E-state index is -3.42. The summed E-state index contributed by atoms with van der Waals surface area (Å²) in [6, 6.07) is 6.83. The van der Waals surface area contributed by atoms with E-state index in [0.717, 1.165) is 62.9 Å². The first-order valence-corrected chi connectivity index (χ1v) is 20.6. The predicted molar refractivity (Wildman–Crippen MR) is 199 cm³/mol. The van der Waals surface area contributed by atoms with Crippen molar-refractivity contribution in [3.05, 3.63) is 40.8 Å². The molecule has 1 fully saturated rings. The number of aromatic nitrogens is 4. The number of rotatable bonds is 22. The second kappa shape index (κ2) is 17.9. The maximum atomic E-state index is 14.2. The number of aromatic amines is 1. The third-order valence-corrected chi connectivity index (χ3v) is 12.1. The first-order valence-electron chi connectivity index (χ1n) is 18.6. The summed E-state index contributed by atoms with van der Waals surface area (Å²) in [7, 11) is -3.42. The number of sulfonamides is 1. The van der Waals surface area contributed by atoms with Gasteiger partial charge in [0.25, 0.3) is 5.91 Å². The molecular weight excluding hydrogens is 660 g/mol. The number of carbonyl (C=O) groups is 1. The van der Waals surface area contributed by atoms with Crippen LogP contribution in [0.25, 0.3) is 5.65 Å². The third-order valence-electron chi connectivity index (χ3n) is 10.3. The smallest absolute Gasteiger partial charge is 0.261 e. The maximum Gasteiger partial charge on any atom is 0.261 e. The molecule has 1 aliphatic rings. The van der Waals surface area contributed by atoms with Crippen LogP contribution in [-0.4, -0.2) is 51.5 Å². The summed E-state index contributed by atoms with van der Waals surface area (Å²) in [4.78, 5) is 14.2. The Morgan fingerprint density at radius 1 is 0.959 bits per heavy atom. The summed E-state index contributed by atoms with van der Waals surface area (Å²) < 4.78 is 35.7. The van der Waals surface area contributed by atoms with E-state index in [1.807, 2.05) is 18.4 Å². The number of hydrogen-bond donors (Lipinski definition) is 3. The molecule has 0 saturated heterocycles. The fraction of sp³-hybridized carbons (Fsp3) is 0.703. The van der Waals surface area contributed by atoms with Crippen molar-refractivity contribution < 1.29 is 17.9 Å². The van der Waals surface area contributed by atoms with Crippen LogP contribution in [0.4, 0.5) is 5.69 Å². The highest BCUT2D eigenvalue weighted by Gasteiger charge is 2.53. The average molecular weight is 719 g/mol. The van der Waals surface area contributed by atoms with E-state index in [1.54, 1.807) is 24.3 Å². The number of unbranched alkanes of at least 4 members (excludes halogenated alkanes) is 10. The topological polar surface area (TPSA) is 130 Å². The van der Waals surface area contributed by atoms with Crippen LogP contribution in [-0.2, 0) is 20.2 Å². The maximum absolute atomic E-state index is 14.2. The molecule has 49 heavy (non-hydrogen) atoms. The molecule has 0 bridgehead atoms. The number of anilines is 1. The molecule has 3 aromatic rings. The third kappa shape index (κ3) is 10.1. The zero-order chi connectivity index (χ0) is 35.5. The van der Waals surface area contributed by atoms with Gasteiger partial charge < -0.3 is 10.1 Å². The summed E-state index contributed by atoms with van der Waals surface area (Å²) in [5.74, 6) is 1.21. The van der Waals surface area contributed by atoms with E-state index in [2.05, 4.69) is 46.1 Å². The van der Waals surface area contributed by atoms with Crippen LogP contribution in [0.3, 0.4) is 0 Å². The van der Waals surface area contributed by atoms with E-state index >= 15 is 0 Å². The van der Waals surface area contributed by atoms with Crippen LogP contribution in [0.15, 0.2) is 24.3 Å². The molecule has 1 saturated carbocycles. The molecule has 0 aliphatic heterocycles. The van der Waals surface area contributed by atoms with E-state index in [0.29, 0.717) is 34.9 Å². The minimum Gasteiger partial charge on any atom is -0.481 e. The van der Waals surface area contributed by atoms with E-state index in [1.165, 1.54) is 44.9 Å². The van der Waals surface area contributed by atoms with Crippen molar-refractivity contribution in [2.45, 2.75) is 161 Å². The molecule has 2 aromatic heterocycles. The summed E-state index contributed by atoms with van der Waals surface area (Å²) in [6.45, 7) is 10.3. The van der Waals surface area contributed by atoms with Crippen molar-refractivity contribution in [3.63, 3.8) is 0 Å². The van der Waals surface area contributed by atoms with Gasteiger partial charge in [-0.3, -0.25) is 14.6 Å². The molecule has 10 nitrogen and oxygen atoms in total. The lowest BCUT2D eigenvalue weighted by molar-refractivity contribution is -0.131.